The molecule has 2 heterocycles. The van der Waals surface area contributed by atoms with Crippen LogP contribution in [-0.4, -0.2) is 39.2 Å². The summed E-state index contributed by atoms with van der Waals surface area (Å²) in [6.07, 6.45) is 0.859. The van der Waals surface area contributed by atoms with Crippen LogP contribution in [0.3, 0.4) is 0 Å². The van der Waals surface area contributed by atoms with Gasteiger partial charge in [-0.15, -0.1) is 0 Å². The van der Waals surface area contributed by atoms with Crippen LogP contribution < -0.4 is 10.5 Å². The molecule has 3 rings (SSSR count). The maximum atomic E-state index is 15.0. The standard InChI is InChI=1S/C20H18F4N6O3/c1-4-33-12(31)6-5-11-9(2)28-30(20(11)32-3)18-15(23)13(21)17(14(22)16(18)24)29-19(26)10(7-25)8-27-29/h8H,4-6,26H2,1-3H3. The molecule has 1 aromatic carbocycles. The zero-order valence-electron chi connectivity index (χ0n) is 17.7. The molecule has 2 aromatic heterocycles. The monoisotopic (exact) mass is 466 g/mol. The molecule has 0 aliphatic rings. The SMILES string of the molecule is CCOC(=O)CCc1c(C)nn(-c2c(F)c(F)c(-n3ncc(C#N)c3N)c(F)c2F)c1OC. The molecule has 0 amide bonds. The molecule has 33 heavy (non-hydrogen) atoms. The molecular formula is C20H18F4N6O3. The number of ether oxygens (including phenoxy) is 2. The highest BCUT2D eigenvalue weighted by atomic mass is 19.2. The minimum absolute atomic E-state index is 0.0425. The maximum Gasteiger partial charge on any atom is 0.306 e. The van der Waals surface area contributed by atoms with Crippen molar-refractivity contribution in [2.45, 2.75) is 26.7 Å². The summed E-state index contributed by atoms with van der Waals surface area (Å²) in [5, 5.41) is 16.4. The molecule has 0 spiro atoms. The fraction of sp³-hybridized carbons (Fsp3) is 0.300. The van der Waals surface area contributed by atoms with E-state index in [-0.39, 0.29) is 36.6 Å². The van der Waals surface area contributed by atoms with Crippen LogP contribution in [0.25, 0.3) is 11.4 Å². The third kappa shape index (κ3) is 3.95. The van der Waals surface area contributed by atoms with E-state index in [4.69, 9.17) is 20.5 Å². The second-order valence-electron chi connectivity index (χ2n) is 6.71. The Labute approximate surface area is 184 Å². The summed E-state index contributed by atoms with van der Waals surface area (Å²) in [7, 11) is 1.17. The van der Waals surface area contributed by atoms with Gasteiger partial charge in [0.2, 0.25) is 5.88 Å². The Bertz CT molecular complexity index is 1250. The van der Waals surface area contributed by atoms with Crippen LogP contribution in [-0.2, 0) is 16.0 Å². The number of nitriles is 1. The van der Waals surface area contributed by atoms with E-state index in [1.54, 1.807) is 13.0 Å². The van der Waals surface area contributed by atoms with Gasteiger partial charge in [-0.2, -0.15) is 20.1 Å². The first-order valence-electron chi connectivity index (χ1n) is 9.56. The summed E-state index contributed by atoms with van der Waals surface area (Å²) >= 11 is 0. The zero-order chi connectivity index (χ0) is 24.4. The quantitative estimate of drug-likeness (QED) is 0.323. The number of nitrogens with zero attached hydrogens (tertiary/aromatic N) is 5. The number of esters is 1. The van der Waals surface area contributed by atoms with Gasteiger partial charge < -0.3 is 15.2 Å². The number of nitrogens with two attached hydrogens (primary N) is 1. The number of rotatable bonds is 7. The van der Waals surface area contributed by atoms with Crippen molar-refractivity contribution in [1.29, 1.82) is 5.26 Å². The van der Waals surface area contributed by atoms with Crippen LogP contribution >= 0.6 is 0 Å². The average Bonchev–Trinajstić information content (AvgIpc) is 3.30. The van der Waals surface area contributed by atoms with Gasteiger partial charge in [0.05, 0.1) is 25.6 Å². The lowest BCUT2D eigenvalue weighted by molar-refractivity contribution is -0.143. The Hall–Kier alpha value is -4.08. The summed E-state index contributed by atoms with van der Waals surface area (Å²) in [5.41, 5.74) is 3.46. The number of halogens is 4. The fourth-order valence-electron chi connectivity index (χ4n) is 3.25. The largest absolute Gasteiger partial charge is 0.481 e. The summed E-state index contributed by atoms with van der Waals surface area (Å²) in [4.78, 5) is 11.7. The number of anilines is 1. The first kappa shape index (κ1) is 23.6. The van der Waals surface area contributed by atoms with Crippen molar-refractivity contribution in [3.8, 4) is 23.3 Å². The number of hydrogen-bond acceptors (Lipinski definition) is 7. The van der Waals surface area contributed by atoms with Crippen LogP contribution in [0, 0.1) is 41.5 Å². The van der Waals surface area contributed by atoms with Crippen molar-refractivity contribution in [2.24, 2.45) is 0 Å². The second kappa shape index (κ2) is 9.19. The van der Waals surface area contributed by atoms with E-state index in [0.29, 0.717) is 14.9 Å². The highest BCUT2D eigenvalue weighted by Gasteiger charge is 2.32. The lowest BCUT2D eigenvalue weighted by Gasteiger charge is -2.14. The van der Waals surface area contributed by atoms with Gasteiger partial charge in [0.15, 0.2) is 23.3 Å². The Balaban J connectivity index is 2.17. The zero-order valence-corrected chi connectivity index (χ0v) is 17.7. The average molecular weight is 466 g/mol. The van der Waals surface area contributed by atoms with Gasteiger partial charge in [-0.25, -0.2) is 22.2 Å². The van der Waals surface area contributed by atoms with Crippen molar-refractivity contribution < 1.29 is 31.8 Å². The van der Waals surface area contributed by atoms with E-state index in [9.17, 15) is 13.6 Å². The van der Waals surface area contributed by atoms with Crippen molar-refractivity contribution in [3.05, 3.63) is 46.3 Å². The van der Waals surface area contributed by atoms with Gasteiger partial charge in [-0.05, 0) is 20.3 Å². The van der Waals surface area contributed by atoms with Gasteiger partial charge in [0.25, 0.3) is 0 Å². The van der Waals surface area contributed by atoms with Gasteiger partial charge in [0.1, 0.15) is 28.8 Å². The van der Waals surface area contributed by atoms with Crippen molar-refractivity contribution >= 4 is 11.8 Å². The molecule has 0 aliphatic heterocycles. The molecule has 3 aromatic rings. The van der Waals surface area contributed by atoms with Crippen LogP contribution in [0.4, 0.5) is 23.4 Å². The summed E-state index contributed by atoms with van der Waals surface area (Å²) < 4.78 is 70.9. The highest BCUT2D eigenvalue weighted by Crippen LogP contribution is 2.34. The molecule has 0 bridgehead atoms. The number of benzene rings is 1. The number of aromatic nitrogens is 4. The molecule has 0 radical (unpaired) electrons. The Morgan fingerprint density at radius 1 is 1.15 bits per heavy atom. The molecular weight excluding hydrogens is 448 g/mol. The van der Waals surface area contributed by atoms with E-state index in [1.807, 2.05) is 0 Å². The number of aryl methyl sites for hydroxylation is 1. The van der Waals surface area contributed by atoms with Crippen LogP contribution in [0.2, 0.25) is 0 Å². The summed E-state index contributed by atoms with van der Waals surface area (Å²) in [6.45, 7) is 3.29. The molecule has 0 saturated heterocycles. The van der Waals surface area contributed by atoms with E-state index >= 15 is 8.78 Å². The number of carbonyl (C=O) groups excluding carboxylic acids is 1. The van der Waals surface area contributed by atoms with Crippen LogP contribution in [0.5, 0.6) is 5.88 Å². The maximum absolute atomic E-state index is 15.0. The Kier molecular flexibility index (Phi) is 6.57. The van der Waals surface area contributed by atoms with Crippen LogP contribution in [0.15, 0.2) is 6.20 Å². The van der Waals surface area contributed by atoms with Crippen molar-refractivity contribution in [3.63, 3.8) is 0 Å². The summed E-state index contributed by atoms with van der Waals surface area (Å²) in [5.74, 6) is -8.45. The molecule has 9 nitrogen and oxygen atoms in total. The first-order valence-corrected chi connectivity index (χ1v) is 9.56. The van der Waals surface area contributed by atoms with Crippen molar-refractivity contribution in [2.75, 3.05) is 19.5 Å². The number of hydrogen-bond donors (Lipinski definition) is 1. The van der Waals surface area contributed by atoms with Gasteiger partial charge >= 0.3 is 5.97 Å². The second-order valence-corrected chi connectivity index (χ2v) is 6.71. The third-order valence-corrected chi connectivity index (χ3v) is 4.78. The Morgan fingerprint density at radius 2 is 1.73 bits per heavy atom. The smallest absolute Gasteiger partial charge is 0.306 e. The topological polar surface area (TPSA) is 121 Å². The fourth-order valence-corrected chi connectivity index (χ4v) is 3.25. The number of carbonyl (C=O) groups is 1. The normalized spacial score (nSPS) is 10.8. The van der Waals surface area contributed by atoms with Crippen LogP contribution in [0.1, 0.15) is 30.2 Å². The minimum atomic E-state index is -1.81. The summed E-state index contributed by atoms with van der Waals surface area (Å²) in [6, 6.07) is 1.64. The van der Waals surface area contributed by atoms with E-state index in [2.05, 4.69) is 10.2 Å². The lowest BCUT2D eigenvalue weighted by atomic mass is 10.1. The lowest BCUT2D eigenvalue weighted by Crippen LogP contribution is -2.15. The first-order chi connectivity index (χ1) is 15.7. The molecule has 0 unspecified atom stereocenters. The number of methoxy groups -OCH3 is 1. The van der Waals surface area contributed by atoms with Gasteiger partial charge in [-0.3, -0.25) is 4.79 Å². The van der Waals surface area contributed by atoms with Gasteiger partial charge in [0, 0.05) is 12.0 Å². The molecule has 13 heteroatoms. The highest BCUT2D eigenvalue weighted by molar-refractivity contribution is 5.70. The number of nitrogen functional groups attached to an aromatic ring is 1. The molecule has 0 aliphatic carbocycles. The molecule has 0 fully saturated rings. The molecule has 2 N–H and O–H groups in total. The predicted octanol–water partition coefficient (Wildman–Crippen LogP) is 2.88. The Morgan fingerprint density at radius 3 is 2.21 bits per heavy atom. The van der Waals surface area contributed by atoms with Crippen molar-refractivity contribution in [1.82, 2.24) is 19.6 Å². The molecule has 0 saturated carbocycles. The third-order valence-electron chi connectivity index (χ3n) is 4.78. The minimum Gasteiger partial charge on any atom is -0.481 e. The van der Waals surface area contributed by atoms with E-state index in [0.717, 1.165) is 6.20 Å². The molecule has 0 atom stereocenters. The van der Waals surface area contributed by atoms with E-state index in [1.165, 1.54) is 14.0 Å². The molecule has 174 valence electrons. The van der Waals surface area contributed by atoms with Gasteiger partial charge in [-0.1, -0.05) is 0 Å². The van der Waals surface area contributed by atoms with E-state index < -0.39 is 46.4 Å². The predicted molar refractivity (Wildman–Crippen MR) is 106 cm³/mol.